The van der Waals surface area contributed by atoms with Gasteiger partial charge < -0.3 is 0 Å². The van der Waals surface area contributed by atoms with Crippen molar-refractivity contribution >= 4 is 46.9 Å². The zero-order chi connectivity index (χ0) is 2.71. The molecular weight excluding hydrogens is 96.0 g/mol. The summed E-state index contributed by atoms with van der Waals surface area (Å²) in [6.45, 7) is 0. The maximum atomic E-state index is 6.85. The second kappa shape index (κ2) is 18.1. The maximum absolute atomic E-state index is 6.85. The van der Waals surface area contributed by atoms with E-state index in [1.54, 1.807) is 0 Å². The van der Waals surface area contributed by atoms with Crippen LogP contribution in [-0.2, 0) is 4.99 Å². The molecule has 0 aromatic heterocycles. The Morgan fingerprint density at radius 2 is 1.60 bits per heavy atom. The first kappa shape index (κ1) is 16.1. The minimum atomic E-state index is 0. The minimum absolute atomic E-state index is 0. The molecule has 0 saturated heterocycles. The van der Waals surface area contributed by atoms with E-state index in [1.807, 2.05) is 0 Å². The molecule has 0 aliphatic rings. The van der Waals surface area contributed by atoms with Crippen LogP contribution in [0, 0.1) is 0 Å². The van der Waals surface area contributed by atoms with Gasteiger partial charge in [-0.3, -0.25) is 0 Å². The molecule has 0 bridgehead atoms. The van der Waals surface area contributed by atoms with Gasteiger partial charge in [-0.15, -0.1) is 4.99 Å². The summed E-state index contributed by atoms with van der Waals surface area (Å²) in [4.78, 5) is 2.75. The van der Waals surface area contributed by atoms with Crippen LogP contribution in [-0.4, -0.2) is 52.2 Å². The predicted octanol–water partition coefficient (Wildman–Crippen LogP) is -2.48. The van der Waals surface area contributed by atoms with Gasteiger partial charge in [-0.2, -0.15) is 5.90 Å². The molecule has 0 rings (SSSR count). The van der Waals surface area contributed by atoms with Gasteiger partial charge in [-0.1, -0.05) is 0 Å². The van der Waals surface area contributed by atoms with E-state index in [1.165, 1.54) is 0 Å². The Hall–Kier alpha value is 1.41. The molecule has 0 amide bonds. The van der Waals surface area contributed by atoms with E-state index in [0.717, 1.165) is 0 Å². The fourth-order valence-corrected chi connectivity index (χ4v) is 0. The van der Waals surface area contributed by atoms with Crippen LogP contribution in [0.4, 0.5) is 0 Å². The molecule has 0 fully saturated rings. The molecule has 0 unspecified atom stereocenters. The SMILES string of the molecule is NOO.[AlH3].[NaH]. The predicted molar refractivity (Wildman–Crippen MR) is 25.0 cm³/mol. The molecule has 0 saturated carbocycles. The molecule has 0 aliphatic carbocycles. The van der Waals surface area contributed by atoms with Crippen molar-refractivity contribution in [2.24, 2.45) is 5.90 Å². The van der Waals surface area contributed by atoms with Gasteiger partial charge in [-0.25, -0.2) is 5.26 Å². The summed E-state index contributed by atoms with van der Waals surface area (Å²) in [6, 6.07) is 0. The molecule has 0 heterocycles. The fourth-order valence-electron chi connectivity index (χ4n) is 0. The molecule has 0 radical (unpaired) electrons. The van der Waals surface area contributed by atoms with E-state index < -0.39 is 0 Å². The first-order valence-corrected chi connectivity index (χ1v) is 0.418. The van der Waals surface area contributed by atoms with Crippen molar-refractivity contribution < 1.29 is 10.2 Å². The Morgan fingerprint density at radius 1 is 1.60 bits per heavy atom. The van der Waals surface area contributed by atoms with Crippen LogP contribution >= 0.6 is 0 Å². The Balaban J connectivity index is -0.0000000200. The summed E-state index contributed by atoms with van der Waals surface area (Å²) < 4.78 is 0. The van der Waals surface area contributed by atoms with Crippen LogP contribution in [0.1, 0.15) is 0 Å². The number of hydrogen-bond acceptors (Lipinski definition) is 3. The van der Waals surface area contributed by atoms with Crippen LogP contribution in [0.2, 0.25) is 0 Å². The van der Waals surface area contributed by atoms with Gasteiger partial charge in [0, 0.05) is 0 Å². The van der Waals surface area contributed by atoms with Crippen molar-refractivity contribution in [1.29, 1.82) is 0 Å². The molecular formula is H7AlNNaO2. The van der Waals surface area contributed by atoms with Crippen LogP contribution in [0.5, 0.6) is 0 Å². The van der Waals surface area contributed by atoms with Crippen molar-refractivity contribution in [1.82, 2.24) is 0 Å². The topological polar surface area (TPSA) is 55.5 Å². The molecule has 3 N–H and O–H groups in total. The second-order valence-corrected chi connectivity index (χ2v) is 0.105. The third-order valence-corrected chi connectivity index (χ3v) is 0. The molecule has 0 atom stereocenters. The van der Waals surface area contributed by atoms with E-state index >= 15 is 0 Å². The quantitative estimate of drug-likeness (QED) is 0.203. The standard InChI is InChI=1S/Al.H3NO2.Na.4H/c;1-3-2;;;;;/h;2H,1H2;;;;;. The van der Waals surface area contributed by atoms with Crippen molar-refractivity contribution in [3.05, 3.63) is 0 Å². The third kappa shape index (κ3) is 31.6. The Bertz CT molecular complexity index is 9.61. The number of nitrogens with two attached hydrogens (primary N) is 1. The van der Waals surface area contributed by atoms with Gasteiger partial charge in [0.25, 0.3) is 0 Å². The molecule has 28 valence electrons. The van der Waals surface area contributed by atoms with Crippen LogP contribution < -0.4 is 5.90 Å². The van der Waals surface area contributed by atoms with E-state index in [9.17, 15) is 0 Å². The molecule has 3 nitrogen and oxygen atoms in total. The van der Waals surface area contributed by atoms with Gasteiger partial charge in [0.2, 0.25) is 0 Å². The van der Waals surface area contributed by atoms with Crippen LogP contribution in [0.15, 0.2) is 0 Å². The van der Waals surface area contributed by atoms with Gasteiger partial charge in [0.05, 0.1) is 0 Å². The number of rotatable bonds is 0. The molecule has 0 aliphatic heterocycles. The Kier molecular flexibility index (Phi) is 58.4. The summed E-state index contributed by atoms with van der Waals surface area (Å²) in [5.41, 5.74) is 0. The van der Waals surface area contributed by atoms with Gasteiger partial charge in [0.1, 0.15) is 0 Å². The van der Waals surface area contributed by atoms with Crippen molar-refractivity contribution in [2.75, 3.05) is 0 Å². The van der Waals surface area contributed by atoms with E-state index in [4.69, 9.17) is 5.26 Å². The second-order valence-electron chi connectivity index (χ2n) is 0.105. The third-order valence-electron chi connectivity index (χ3n) is 0. The summed E-state index contributed by atoms with van der Waals surface area (Å²) in [5.74, 6) is 3.90. The average Bonchev–Trinajstić information content (AvgIpc) is 0.918. The van der Waals surface area contributed by atoms with Gasteiger partial charge >= 0.3 is 29.6 Å². The Labute approximate surface area is 62.8 Å². The zero-order valence-electron chi connectivity index (χ0n) is 1.43. The summed E-state index contributed by atoms with van der Waals surface area (Å²) in [6.07, 6.45) is 0. The molecule has 5 heavy (non-hydrogen) atoms. The van der Waals surface area contributed by atoms with Gasteiger partial charge in [0.15, 0.2) is 17.4 Å². The molecule has 0 aromatic rings. The van der Waals surface area contributed by atoms with Gasteiger partial charge in [-0.05, 0) is 0 Å². The molecule has 0 spiro atoms. The normalized spacial score (nSPS) is 3.60. The average molecular weight is 103 g/mol. The summed E-state index contributed by atoms with van der Waals surface area (Å²) in [7, 11) is 0. The van der Waals surface area contributed by atoms with Crippen LogP contribution in [0.3, 0.4) is 0 Å². The Morgan fingerprint density at radius 3 is 1.60 bits per heavy atom. The first-order valence-electron chi connectivity index (χ1n) is 0.418. The van der Waals surface area contributed by atoms with E-state index in [-0.39, 0.29) is 46.9 Å². The van der Waals surface area contributed by atoms with Crippen molar-refractivity contribution in [3.8, 4) is 0 Å². The zero-order valence-corrected chi connectivity index (χ0v) is 1.43. The van der Waals surface area contributed by atoms with Crippen molar-refractivity contribution in [2.45, 2.75) is 0 Å². The van der Waals surface area contributed by atoms with E-state index in [2.05, 4.69) is 10.9 Å². The van der Waals surface area contributed by atoms with Crippen molar-refractivity contribution in [3.63, 3.8) is 0 Å². The number of hydrogen-bond donors (Lipinski definition) is 2. The molecule has 0 aromatic carbocycles. The monoisotopic (exact) mass is 103 g/mol. The van der Waals surface area contributed by atoms with E-state index in [0.29, 0.717) is 0 Å². The van der Waals surface area contributed by atoms with Crippen LogP contribution in [0.25, 0.3) is 0 Å². The summed E-state index contributed by atoms with van der Waals surface area (Å²) in [5, 5.41) is 6.85. The molecule has 5 heteroatoms. The first-order chi connectivity index (χ1) is 1.41. The summed E-state index contributed by atoms with van der Waals surface area (Å²) >= 11 is 0. The fraction of sp³-hybridized carbons (Fsp3) is 0.